The normalized spacial score (nSPS) is 12.9. The summed E-state index contributed by atoms with van der Waals surface area (Å²) in [4.78, 5) is 41.1. The van der Waals surface area contributed by atoms with Crippen LogP contribution < -0.4 is 16.6 Å². The maximum Gasteiger partial charge on any atom is 0.418 e. The standard InChI is InChI=1S/C17H15ClF3N5O3/c1-8(14(27)23-11-5-4-9(18)6-10(11)17(19,20)21)26-7-22-13-12(26)15(28)25(3)16(29)24(13)2/h4-8H,1-3H3,(H,23,27). The highest BCUT2D eigenvalue weighted by molar-refractivity contribution is 6.30. The van der Waals surface area contributed by atoms with Crippen LogP contribution in [0.2, 0.25) is 5.02 Å². The predicted molar refractivity (Wildman–Crippen MR) is 100 cm³/mol. The molecule has 8 nitrogen and oxygen atoms in total. The van der Waals surface area contributed by atoms with Crippen LogP contribution in [0.15, 0.2) is 34.1 Å². The fraction of sp³-hybridized carbons (Fsp3) is 0.294. The number of fused-ring (bicyclic) bond motifs is 1. The van der Waals surface area contributed by atoms with Gasteiger partial charge in [0.05, 0.1) is 17.6 Å². The van der Waals surface area contributed by atoms with Crippen molar-refractivity contribution in [2.24, 2.45) is 14.1 Å². The second-order valence-electron chi connectivity index (χ2n) is 6.38. The third-order valence-electron chi connectivity index (χ3n) is 4.51. The summed E-state index contributed by atoms with van der Waals surface area (Å²) in [6, 6.07) is 1.88. The van der Waals surface area contributed by atoms with E-state index >= 15 is 0 Å². The first-order valence-corrected chi connectivity index (χ1v) is 8.61. The topological polar surface area (TPSA) is 90.9 Å². The van der Waals surface area contributed by atoms with Gasteiger partial charge in [0.25, 0.3) is 5.56 Å². The molecule has 0 saturated carbocycles. The molecule has 1 N–H and O–H groups in total. The van der Waals surface area contributed by atoms with Gasteiger partial charge in [0.2, 0.25) is 5.91 Å². The molecule has 1 aromatic carbocycles. The number of imidazole rings is 1. The largest absolute Gasteiger partial charge is 0.418 e. The lowest BCUT2D eigenvalue weighted by Crippen LogP contribution is -2.38. The molecule has 0 aliphatic rings. The fourth-order valence-electron chi connectivity index (χ4n) is 2.88. The summed E-state index contributed by atoms with van der Waals surface area (Å²) in [7, 11) is 2.69. The van der Waals surface area contributed by atoms with Crippen LogP contribution in [-0.4, -0.2) is 24.6 Å². The summed E-state index contributed by atoms with van der Waals surface area (Å²) >= 11 is 5.64. The van der Waals surface area contributed by atoms with Gasteiger partial charge in [0.1, 0.15) is 6.04 Å². The van der Waals surface area contributed by atoms with Gasteiger partial charge >= 0.3 is 11.9 Å². The summed E-state index contributed by atoms with van der Waals surface area (Å²) in [5.74, 6) is -0.812. The number of carbonyl (C=O) groups is 1. The molecule has 0 bridgehead atoms. The third-order valence-corrected chi connectivity index (χ3v) is 4.75. The monoisotopic (exact) mass is 429 g/mol. The molecule has 0 radical (unpaired) electrons. The molecule has 0 fully saturated rings. The lowest BCUT2D eigenvalue weighted by molar-refractivity contribution is -0.137. The van der Waals surface area contributed by atoms with Gasteiger partial charge in [-0.1, -0.05) is 11.6 Å². The number of nitrogens with zero attached hydrogens (tertiary/aromatic N) is 4. The van der Waals surface area contributed by atoms with Crippen LogP contribution in [0.4, 0.5) is 18.9 Å². The Morgan fingerprint density at radius 3 is 2.48 bits per heavy atom. The highest BCUT2D eigenvalue weighted by atomic mass is 35.5. The van der Waals surface area contributed by atoms with E-state index in [1.165, 1.54) is 38.0 Å². The Balaban J connectivity index is 2.03. The Labute approximate surface area is 166 Å². The number of hydrogen-bond donors (Lipinski definition) is 1. The number of alkyl halides is 3. The fourth-order valence-corrected chi connectivity index (χ4v) is 3.05. The van der Waals surface area contributed by atoms with Gasteiger partial charge in [-0.3, -0.25) is 18.7 Å². The Kier molecular flexibility index (Phi) is 5.03. The number of aryl methyl sites for hydroxylation is 1. The Morgan fingerprint density at radius 2 is 1.86 bits per heavy atom. The van der Waals surface area contributed by atoms with Gasteiger partial charge in [-0.2, -0.15) is 13.2 Å². The molecular formula is C17H15ClF3N5O3. The van der Waals surface area contributed by atoms with Crippen LogP contribution in [0.25, 0.3) is 11.2 Å². The molecule has 154 valence electrons. The predicted octanol–water partition coefficient (Wildman–Crippen LogP) is 2.31. The smallest absolute Gasteiger partial charge is 0.324 e. The molecular weight excluding hydrogens is 415 g/mol. The molecule has 1 amide bonds. The Hall–Kier alpha value is -3.08. The number of halogens is 4. The molecule has 2 heterocycles. The second kappa shape index (κ2) is 7.07. The quantitative estimate of drug-likeness (QED) is 0.691. The third kappa shape index (κ3) is 3.53. The van der Waals surface area contributed by atoms with Crippen LogP contribution >= 0.6 is 11.6 Å². The summed E-state index contributed by atoms with van der Waals surface area (Å²) < 4.78 is 42.9. The number of carbonyl (C=O) groups excluding carboxylic acids is 1. The molecule has 1 unspecified atom stereocenters. The van der Waals surface area contributed by atoms with Crippen molar-refractivity contribution >= 4 is 34.4 Å². The number of aromatic nitrogens is 4. The molecule has 1 atom stereocenters. The molecule has 0 spiro atoms. The van der Waals surface area contributed by atoms with Crippen molar-refractivity contribution in [2.45, 2.75) is 19.1 Å². The van der Waals surface area contributed by atoms with E-state index in [0.717, 1.165) is 15.2 Å². The number of amides is 1. The number of benzene rings is 1. The van der Waals surface area contributed by atoms with Crippen LogP contribution in [0.3, 0.4) is 0 Å². The van der Waals surface area contributed by atoms with Gasteiger partial charge in [0, 0.05) is 19.1 Å². The maximum atomic E-state index is 13.2. The van der Waals surface area contributed by atoms with Crippen molar-refractivity contribution < 1.29 is 18.0 Å². The number of rotatable bonds is 3. The first-order valence-electron chi connectivity index (χ1n) is 8.23. The number of anilines is 1. The van der Waals surface area contributed by atoms with Gasteiger partial charge < -0.3 is 9.88 Å². The molecule has 2 aromatic heterocycles. The summed E-state index contributed by atoms with van der Waals surface area (Å²) in [5.41, 5.74) is -2.81. The molecule has 29 heavy (non-hydrogen) atoms. The van der Waals surface area contributed by atoms with E-state index in [2.05, 4.69) is 10.3 Å². The first kappa shape index (κ1) is 20.6. The summed E-state index contributed by atoms with van der Waals surface area (Å²) in [5, 5.41) is 2.08. The van der Waals surface area contributed by atoms with E-state index in [-0.39, 0.29) is 16.2 Å². The molecule has 0 aliphatic carbocycles. The minimum absolute atomic E-state index is 0.0237. The van der Waals surface area contributed by atoms with E-state index in [9.17, 15) is 27.6 Å². The SMILES string of the molecule is CC(C(=O)Nc1ccc(Cl)cc1C(F)(F)F)n1cnc2c1c(=O)n(C)c(=O)n2C. The minimum Gasteiger partial charge on any atom is -0.324 e. The molecule has 0 aliphatic heterocycles. The Morgan fingerprint density at radius 1 is 1.21 bits per heavy atom. The van der Waals surface area contributed by atoms with Gasteiger partial charge in [-0.05, 0) is 25.1 Å². The van der Waals surface area contributed by atoms with Crippen molar-refractivity contribution in [1.82, 2.24) is 18.7 Å². The number of hydrogen-bond acceptors (Lipinski definition) is 4. The van der Waals surface area contributed by atoms with Crippen LogP contribution in [-0.2, 0) is 25.1 Å². The summed E-state index contributed by atoms with van der Waals surface area (Å²) in [6.07, 6.45) is -3.55. The van der Waals surface area contributed by atoms with Crippen LogP contribution in [0.5, 0.6) is 0 Å². The van der Waals surface area contributed by atoms with Gasteiger partial charge in [0.15, 0.2) is 11.2 Å². The molecule has 12 heteroatoms. The van der Waals surface area contributed by atoms with Crippen molar-refractivity contribution in [1.29, 1.82) is 0 Å². The zero-order valence-corrected chi connectivity index (χ0v) is 16.2. The number of nitrogens with one attached hydrogen (secondary N) is 1. The molecule has 3 rings (SSSR count). The highest BCUT2D eigenvalue weighted by Gasteiger charge is 2.34. The molecule has 3 aromatic rings. The average molecular weight is 430 g/mol. The van der Waals surface area contributed by atoms with Crippen molar-refractivity contribution in [3.63, 3.8) is 0 Å². The first-order chi connectivity index (χ1) is 13.4. The Bertz CT molecular complexity index is 1240. The average Bonchev–Trinajstić information content (AvgIpc) is 3.09. The van der Waals surface area contributed by atoms with E-state index in [4.69, 9.17) is 11.6 Å². The van der Waals surface area contributed by atoms with E-state index in [0.29, 0.717) is 6.07 Å². The van der Waals surface area contributed by atoms with Gasteiger partial charge in [-0.15, -0.1) is 0 Å². The van der Waals surface area contributed by atoms with Crippen molar-refractivity contribution in [3.05, 3.63) is 56.0 Å². The highest BCUT2D eigenvalue weighted by Crippen LogP contribution is 2.36. The van der Waals surface area contributed by atoms with E-state index < -0.39 is 40.6 Å². The van der Waals surface area contributed by atoms with Crippen molar-refractivity contribution in [3.8, 4) is 0 Å². The van der Waals surface area contributed by atoms with Crippen molar-refractivity contribution in [2.75, 3.05) is 5.32 Å². The minimum atomic E-state index is -4.73. The summed E-state index contributed by atoms with van der Waals surface area (Å²) in [6.45, 7) is 1.39. The van der Waals surface area contributed by atoms with E-state index in [1.54, 1.807) is 0 Å². The molecule has 0 saturated heterocycles. The maximum absolute atomic E-state index is 13.2. The van der Waals surface area contributed by atoms with E-state index in [1.807, 2.05) is 0 Å². The lowest BCUT2D eigenvalue weighted by Gasteiger charge is -2.18. The lowest BCUT2D eigenvalue weighted by atomic mass is 10.1. The van der Waals surface area contributed by atoms with Crippen LogP contribution in [0.1, 0.15) is 18.5 Å². The van der Waals surface area contributed by atoms with Gasteiger partial charge in [-0.25, -0.2) is 9.78 Å². The zero-order chi connectivity index (χ0) is 21.7. The van der Waals surface area contributed by atoms with Crippen LogP contribution in [0, 0.1) is 0 Å². The zero-order valence-electron chi connectivity index (χ0n) is 15.4. The second-order valence-corrected chi connectivity index (χ2v) is 6.82.